The summed E-state index contributed by atoms with van der Waals surface area (Å²) in [6.45, 7) is 8.75. The Labute approximate surface area is 188 Å². The Morgan fingerprint density at radius 1 is 1.28 bits per heavy atom. The third kappa shape index (κ3) is 4.95. The molecule has 0 aromatic carbocycles. The summed E-state index contributed by atoms with van der Waals surface area (Å²) < 4.78 is 5.65. The van der Waals surface area contributed by atoms with Crippen LogP contribution in [0.1, 0.15) is 73.8 Å². The van der Waals surface area contributed by atoms with Gasteiger partial charge in [0.2, 0.25) is 17.7 Å². The van der Waals surface area contributed by atoms with E-state index in [0.29, 0.717) is 24.6 Å². The summed E-state index contributed by atoms with van der Waals surface area (Å²) >= 11 is 0. The van der Waals surface area contributed by atoms with Crippen molar-refractivity contribution in [3.63, 3.8) is 0 Å². The lowest BCUT2D eigenvalue weighted by molar-refractivity contribution is -0.132. The number of amides is 1. The second-order valence-corrected chi connectivity index (χ2v) is 8.65. The highest BCUT2D eigenvalue weighted by atomic mass is 16.4. The lowest BCUT2D eigenvalue weighted by atomic mass is 10.1. The topological polar surface area (TPSA) is 97.0 Å². The Morgan fingerprint density at radius 2 is 2.12 bits per heavy atom. The highest BCUT2D eigenvalue weighted by Crippen LogP contribution is 2.33. The molecule has 1 atom stereocenters. The van der Waals surface area contributed by atoms with Crippen LogP contribution in [0.2, 0.25) is 0 Å². The van der Waals surface area contributed by atoms with E-state index in [2.05, 4.69) is 20.5 Å². The minimum atomic E-state index is -0.0262. The van der Waals surface area contributed by atoms with Crippen molar-refractivity contribution >= 4 is 17.4 Å². The lowest BCUT2D eigenvalue weighted by Gasteiger charge is -2.25. The van der Waals surface area contributed by atoms with Crippen LogP contribution in [-0.2, 0) is 11.2 Å². The summed E-state index contributed by atoms with van der Waals surface area (Å²) in [7, 11) is 0. The highest BCUT2D eigenvalue weighted by molar-refractivity contribution is 5.77. The third-order valence-electron chi connectivity index (χ3n) is 5.69. The van der Waals surface area contributed by atoms with Crippen molar-refractivity contribution in [1.82, 2.24) is 25.1 Å². The maximum Gasteiger partial charge on any atom is 0.223 e. The summed E-state index contributed by atoms with van der Waals surface area (Å²) in [4.78, 5) is 24.2. The van der Waals surface area contributed by atoms with E-state index in [1.54, 1.807) is 6.20 Å². The molecule has 4 rings (SSSR count). The van der Waals surface area contributed by atoms with Gasteiger partial charge < -0.3 is 14.6 Å². The molecule has 0 saturated carbocycles. The summed E-state index contributed by atoms with van der Waals surface area (Å²) in [5.74, 6) is 2.22. The van der Waals surface area contributed by atoms with Crippen molar-refractivity contribution in [2.24, 2.45) is 0 Å². The van der Waals surface area contributed by atoms with Gasteiger partial charge >= 0.3 is 0 Å². The number of nitrogens with zero attached hydrogens (tertiary/aromatic N) is 5. The van der Waals surface area contributed by atoms with Gasteiger partial charge in [-0.3, -0.25) is 9.78 Å². The van der Waals surface area contributed by atoms with E-state index in [1.165, 1.54) is 0 Å². The van der Waals surface area contributed by atoms with Crippen LogP contribution in [-0.4, -0.2) is 37.5 Å². The molecular formula is C24H30N6O2. The van der Waals surface area contributed by atoms with Gasteiger partial charge in [0, 0.05) is 42.9 Å². The third-order valence-corrected chi connectivity index (χ3v) is 5.69. The van der Waals surface area contributed by atoms with Gasteiger partial charge in [-0.05, 0) is 50.5 Å². The van der Waals surface area contributed by atoms with E-state index in [0.717, 1.165) is 47.8 Å². The number of aromatic nitrogens is 4. The predicted molar refractivity (Wildman–Crippen MR) is 122 cm³/mol. The number of pyridine rings is 2. The fraction of sp³-hybridized carbons (Fsp3) is 0.458. The van der Waals surface area contributed by atoms with Crippen LogP contribution in [0.25, 0.3) is 0 Å². The summed E-state index contributed by atoms with van der Waals surface area (Å²) in [5, 5.41) is 11.5. The number of aryl methyl sites for hydroxylation is 3. The fourth-order valence-corrected chi connectivity index (χ4v) is 4.02. The molecule has 1 fully saturated rings. The maximum absolute atomic E-state index is 13.0. The van der Waals surface area contributed by atoms with Gasteiger partial charge in [-0.2, -0.15) is 0 Å². The van der Waals surface area contributed by atoms with Crippen molar-refractivity contribution < 1.29 is 9.21 Å². The van der Waals surface area contributed by atoms with Gasteiger partial charge in [0.05, 0.1) is 11.7 Å². The molecule has 0 bridgehead atoms. The number of hydrogen-bond acceptors (Lipinski definition) is 7. The molecule has 3 aromatic rings. The Hall–Kier alpha value is -3.29. The largest absolute Gasteiger partial charge is 0.425 e. The standard InChI is InChI=1S/C24H30N6O2/c1-15(2)24-29-28-21(32-24)9-10-22(31)30-12-6-8-20(30)19-14-18(13-17(4)26-19)27-23-16(3)7-5-11-25-23/h5,7,11,13-15,20H,6,8-10,12H2,1-4H3,(H,25,26,27)/t20-/m0/s1. The van der Waals surface area contributed by atoms with Crippen LogP contribution < -0.4 is 5.32 Å². The van der Waals surface area contributed by atoms with Gasteiger partial charge in [-0.15, -0.1) is 10.2 Å². The lowest BCUT2D eigenvalue weighted by Crippen LogP contribution is -2.31. The van der Waals surface area contributed by atoms with E-state index in [-0.39, 0.29) is 17.9 Å². The first-order valence-electron chi connectivity index (χ1n) is 11.2. The molecule has 0 radical (unpaired) electrons. The molecule has 4 heterocycles. The zero-order chi connectivity index (χ0) is 22.7. The van der Waals surface area contributed by atoms with Crippen molar-refractivity contribution in [2.75, 3.05) is 11.9 Å². The molecule has 8 heteroatoms. The number of likely N-dealkylation sites (tertiary alicyclic amines) is 1. The van der Waals surface area contributed by atoms with Crippen LogP contribution in [0.4, 0.5) is 11.5 Å². The van der Waals surface area contributed by atoms with E-state index in [4.69, 9.17) is 9.40 Å². The van der Waals surface area contributed by atoms with Crippen molar-refractivity contribution in [2.45, 2.75) is 65.3 Å². The molecule has 32 heavy (non-hydrogen) atoms. The molecule has 0 spiro atoms. The highest BCUT2D eigenvalue weighted by Gasteiger charge is 2.31. The molecule has 0 unspecified atom stereocenters. The van der Waals surface area contributed by atoms with Crippen molar-refractivity contribution in [1.29, 1.82) is 0 Å². The molecule has 3 aromatic heterocycles. The van der Waals surface area contributed by atoms with E-state index in [1.807, 2.05) is 56.9 Å². The normalized spacial score (nSPS) is 16.0. The SMILES string of the molecule is Cc1cc(Nc2ncccc2C)cc([C@@H]2CCCN2C(=O)CCc2nnc(C(C)C)o2)n1. The van der Waals surface area contributed by atoms with Crippen LogP contribution in [0.15, 0.2) is 34.9 Å². The number of hydrogen-bond donors (Lipinski definition) is 1. The molecule has 168 valence electrons. The van der Waals surface area contributed by atoms with Gasteiger partial charge in [0.1, 0.15) is 5.82 Å². The summed E-state index contributed by atoms with van der Waals surface area (Å²) in [5.41, 5.74) is 3.82. The Balaban J connectivity index is 1.46. The van der Waals surface area contributed by atoms with Crippen LogP contribution in [0.5, 0.6) is 0 Å². The van der Waals surface area contributed by atoms with Crippen LogP contribution in [0, 0.1) is 13.8 Å². The van der Waals surface area contributed by atoms with E-state index in [9.17, 15) is 4.79 Å². The Morgan fingerprint density at radius 3 is 2.88 bits per heavy atom. The summed E-state index contributed by atoms with van der Waals surface area (Å²) in [6, 6.07) is 7.95. The maximum atomic E-state index is 13.0. The molecule has 0 aliphatic carbocycles. The minimum Gasteiger partial charge on any atom is -0.425 e. The van der Waals surface area contributed by atoms with E-state index < -0.39 is 0 Å². The molecule has 1 saturated heterocycles. The number of rotatable bonds is 7. The van der Waals surface area contributed by atoms with Gasteiger partial charge in [0.25, 0.3) is 0 Å². The molecular weight excluding hydrogens is 404 g/mol. The summed E-state index contributed by atoms with van der Waals surface area (Å²) in [6.07, 6.45) is 4.44. The monoisotopic (exact) mass is 434 g/mol. The number of anilines is 2. The van der Waals surface area contributed by atoms with E-state index >= 15 is 0 Å². The molecule has 1 aliphatic heterocycles. The van der Waals surface area contributed by atoms with Gasteiger partial charge in [-0.1, -0.05) is 19.9 Å². The quantitative estimate of drug-likeness (QED) is 0.578. The molecule has 8 nitrogen and oxygen atoms in total. The van der Waals surface area contributed by atoms with Crippen molar-refractivity contribution in [3.05, 3.63) is 59.2 Å². The van der Waals surface area contributed by atoms with Gasteiger partial charge in [0.15, 0.2) is 0 Å². The fourth-order valence-electron chi connectivity index (χ4n) is 4.02. The first kappa shape index (κ1) is 21.9. The Kier molecular flexibility index (Phi) is 6.48. The average molecular weight is 435 g/mol. The second-order valence-electron chi connectivity index (χ2n) is 8.65. The second kappa shape index (κ2) is 9.46. The van der Waals surface area contributed by atoms with Gasteiger partial charge in [-0.25, -0.2) is 4.98 Å². The zero-order valence-electron chi connectivity index (χ0n) is 19.1. The molecule has 1 aliphatic rings. The van der Waals surface area contributed by atoms with Crippen LogP contribution >= 0.6 is 0 Å². The number of nitrogens with one attached hydrogen (secondary N) is 1. The number of carbonyl (C=O) groups excluding carboxylic acids is 1. The predicted octanol–water partition coefficient (Wildman–Crippen LogP) is 4.64. The average Bonchev–Trinajstić information content (AvgIpc) is 3.43. The first-order valence-corrected chi connectivity index (χ1v) is 11.2. The van der Waals surface area contributed by atoms with Crippen molar-refractivity contribution in [3.8, 4) is 0 Å². The first-order chi connectivity index (χ1) is 15.4. The molecule has 1 amide bonds. The zero-order valence-corrected chi connectivity index (χ0v) is 19.1. The smallest absolute Gasteiger partial charge is 0.223 e. The minimum absolute atomic E-state index is 0.0262. The number of carbonyl (C=O) groups is 1. The van der Waals surface area contributed by atoms with Crippen LogP contribution in [0.3, 0.4) is 0 Å². The molecule has 1 N–H and O–H groups in total. The Bertz CT molecular complexity index is 1090.